The Kier molecular flexibility index (Phi) is 8.69. The second-order valence-corrected chi connectivity index (χ2v) is 3.99. The fourth-order valence-electron chi connectivity index (χ4n) is 1.53. The summed E-state index contributed by atoms with van der Waals surface area (Å²) in [5, 5.41) is 8.67. The van der Waals surface area contributed by atoms with Crippen LogP contribution in [0.1, 0.15) is 25.7 Å². The summed E-state index contributed by atoms with van der Waals surface area (Å²) < 4.78 is 36.5. The molecule has 0 aliphatic heterocycles. The molecule has 0 unspecified atom stereocenters. The maximum absolute atomic E-state index is 12.2. The van der Waals surface area contributed by atoms with Crippen molar-refractivity contribution in [2.75, 3.05) is 26.2 Å². The summed E-state index contributed by atoms with van der Waals surface area (Å²) in [6.45, 7) is -1.06. The Bertz CT molecular complexity index is 237. The number of nitrogens with zero attached hydrogens (tertiary/aromatic N) is 1. The molecule has 0 spiro atoms. The molecule has 0 heterocycles. The summed E-state index contributed by atoms with van der Waals surface area (Å²) in [5.41, 5.74) is 1.98. The SMILES string of the molecule is NNC(=O)CCCCCN(CCO)CC(F)(F)F. The highest BCUT2D eigenvalue weighted by atomic mass is 19.4. The molecule has 0 aliphatic rings. The van der Waals surface area contributed by atoms with E-state index < -0.39 is 12.7 Å². The van der Waals surface area contributed by atoms with Crippen LogP contribution in [0, 0.1) is 0 Å². The van der Waals surface area contributed by atoms with E-state index in [1.165, 1.54) is 0 Å². The molecule has 0 saturated heterocycles. The number of rotatable bonds is 9. The van der Waals surface area contributed by atoms with Crippen molar-refractivity contribution < 1.29 is 23.1 Å². The highest BCUT2D eigenvalue weighted by Gasteiger charge is 2.30. The van der Waals surface area contributed by atoms with Gasteiger partial charge in [0.2, 0.25) is 5.91 Å². The van der Waals surface area contributed by atoms with Crippen LogP contribution in [0.2, 0.25) is 0 Å². The van der Waals surface area contributed by atoms with Gasteiger partial charge >= 0.3 is 6.18 Å². The van der Waals surface area contributed by atoms with Crippen LogP contribution in [0.4, 0.5) is 13.2 Å². The van der Waals surface area contributed by atoms with E-state index in [1.54, 1.807) is 0 Å². The summed E-state index contributed by atoms with van der Waals surface area (Å²) in [5.74, 6) is 4.60. The van der Waals surface area contributed by atoms with Gasteiger partial charge in [0.05, 0.1) is 13.2 Å². The fraction of sp³-hybridized carbons (Fsp3) is 0.900. The lowest BCUT2D eigenvalue weighted by atomic mass is 10.2. The second kappa shape index (κ2) is 9.12. The largest absolute Gasteiger partial charge is 0.401 e. The van der Waals surface area contributed by atoms with Crippen LogP contribution in [0.15, 0.2) is 0 Å². The first-order valence-corrected chi connectivity index (χ1v) is 5.78. The first kappa shape index (κ1) is 17.1. The molecule has 0 aromatic heterocycles. The number of alkyl halides is 3. The number of carbonyl (C=O) groups is 1. The Morgan fingerprint density at radius 3 is 2.39 bits per heavy atom. The number of halogens is 3. The quantitative estimate of drug-likeness (QED) is 0.245. The van der Waals surface area contributed by atoms with Gasteiger partial charge in [0.25, 0.3) is 0 Å². The molecule has 0 fully saturated rings. The van der Waals surface area contributed by atoms with Crippen LogP contribution in [0.5, 0.6) is 0 Å². The van der Waals surface area contributed by atoms with E-state index in [0.717, 1.165) is 4.90 Å². The molecule has 5 nitrogen and oxygen atoms in total. The first-order chi connectivity index (χ1) is 8.39. The van der Waals surface area contributed by atoms with Crippen molar-refractivity contribution in [2.45, 2.75) is 31.9 Å². The molecule has 8 heteroatoms. The molecular formula is C10H20F3N3O2. The number of nitrogens with two attached hydrogens (primary N) is 1. The lowest BCUT2D eigenvalue weighted by Gasteiger charge is -2.22. The zero-order valence-corrected chi connectivity index (χ0v) is 10.2. The lowest BCUT2D eigenvalue weighted by Crippen LogP contribution is -2.36. The molecule has 0 aromatic carbocycles. The highest BCUT2D eigenvalue weighted by Crippen LogP contribution is 2.16. The number of amides is 1. The van der Waals surface area contributed by atoms with Gasteiger partial charge in [-0.25, -0.2) is 5.84 Å². The van der Waals surface area contributed by atoms with Crippen LogP contribution >= 0.6 is 0 Å². The summed E-state index contributed by atoms with van der Waals surface area (Å²) in [6.07, 6.45) is -2.20. The first-order valence-electron chi connectivity index (χ1n) is 5.78. The maximum Gasteiger partial charge on any atom is 0.401 e. The predicted molar refractivity (Wildman–Crippen MR) is 60.4 cm³/mol. The van der Waals surface area contributed by atoms with Gasteiger partial charge in [-0.2, -0.15) is 13.2 Å². The lowest BCUT2D eigenvalue weighted by molar-refractivity contribution is -0.146. The van der Waals surface area contributed by atoms with Gasteiger partial charge in [-0.1, -0.05) is 6.42 Å². The zero-order valence-electron chi connectivity index (χ0n) is 10.2. The van der Waals surface area contributed by atoms with Gasteiger partial charge in [-0.05, 0) is 19.4 Å². The monoisotopic (exact) mass is 271 g/mol. The van der Waals surface area contributed by atoms with E-state index >= 15 is 0 Å². The Morgan fingerprint density at radius 1 is 1.22 bits per heavy atom. The normalized spacial score (nSPS) is 11.9. The van der Waals surface area contributed by atoms with E-state index in [9.17, 15) is 18.0 Å². The van der Waals surface area contributed by atoms with Crippen molar-refractivity contribution in [3.63, 3.8) is 0 Å². The van der Waals surface area contributed by atoms with Gasteiger partial charge in [0.1, 0.15) is 0 Å². The van der Waals surface area contributed by atoms with Gasteiger partial charge in [-0.3, -0.25) is 15.1 Å². The molecule has 108 valence electrons. The second-order valence-electron chi connectivity index (χ2n) is 3.99. The zero-order chi connectivity index (χ0) is 14.0. The van der Waals surface area contributed by atoms with Crippen LogP contribution < -0.4 is 11.3 Å². The van der Waals surface area contributed by atoms with Gasteiger partial charge in [0, 0.05) is 13.0 Å². The minimum absolute atomic E-state index is 0.00277. The third kappa shape index (κ3) is 10.3. The average molecular weight is 271 g/mol. The summed E-state index contributed by atoms with van der Waals surface area (Å²) in [7, 11) is 0. The Balaban J connectivity index is 3.73. The number of hydrogen-bond donors (Lipinski definition) is 3. The van der Waals surface area contributed by atoms with Crippen LogP contribution in [0.25, 0.3) is 0 Å². The fourth-order valence-corrected chi connectivity index (χ4v) is 1.53. The minimum atomic E-state index is -4.26. The molecule has 18 heavy (non-hydrogen) atoms. The summed E-state index contributed by atoms with van der Waals surface area (Å²) in [4.78, 5) is 11.9. The van der Waals surface area contributed by atoms with Crippen molar-refractivity contribution in [3.05, 3.63) is 0 Å². The maximum atomic E-state index is 12.2. The molecule has 0 aliphatic carbocycles. The third-order valence-corrected chi connectivity index (χ3v) is 2.36. The molecule has 0 radical (unpaired) electrons. The van der Waals surface area contributed by atoms with E-state index in [2.05, 4.69) is 0 Å². The van der Waals surface area contributed by atoms with Crippen LogP contribution in [-0.2, 0) is 4.79 Å². The van der Waals surface area contributed by atoms with Crippen molar-refractivity contribution in [1.29, 1.82) is 0 Å². The van der Waals surface area contributed by atoms with Crippen LogP contribution in [-0.4, -0.2) is 48.3 Å². The Morgan fingerprint density at radius 2 is 1.89 bits per heavy atom. The standard InChI is InChI=1S/C10H20F3N3O2/c11-10(12,13)8-16(6-7-17)5-3-1-2-4-9(18)15-14/h17H,1-8,14H2,(H,15,18). The van der Waals surface area contributed by atoms with Crippen molar-refractivity contribution in [2.24, 2.45) is 5.84 Å². The molecule has 4 N–H and O–H groups in total. The van der Waals surface area contributed by atoms with Gasteiger partial charge in [-0.15, -0.1) is 0 Å². The Hall–Kier alpha value is -0.860. The van der Waals surface area contributed by atoms with Crippen molar-refractivity contribution in [3.8, 4) is 0 Å². The predicted octanol–water partition coefficient (Wildman–Crippen LogP) is 0.393. The van der Waals surface area contributed by atoms with E-state index in [4.69, 9.17) is 10.9 Å². The Labute approximate surface area is 104 Å². The van der Waals surface area contributed by atoms with Gasteiger partial charge < -0.3 is 5.11 Å². The smallest absolute Gasteiger partial charge is 0.395 e. The molecule has 1 amide bonds. The topological polar surface area (TPSA) is 78.6 Å². The highest BCUT2D eigenvalue weighted by molar-refractivity contribution is 5.74. The van der Waals surface area contributed by atoms with E-state index in [0.29, 0.717) is 19.3 Å². The average Bonchev–Trinajstić information content (AvgIpc) is 2.26. The van der Waals surface area contributed by atoms with Gasteiger partial charge in [0.15, 0.2) is 0 Å². The summed E-state index contributed by atoms with van der Waals surface area (Å²) >= 11 is 0. The van der Waals surface area contributed by atoms with Crippen molar-refractivity contribution in [1.82, 2.24) is 10.3 Å². The number of hydrogen-bond acceptors (Lipinski definition) is 4. The third-order valence-electron chi connectivity index (χ3n) is 2.36. The van der Waals surface area contributed by atoms with Crippen LogP contribution in [0.3, 0.4) is 0 Å². The molecule has 0 atom stereocenters. The number of unbranched alkanes of at least 4 members (excludes halogenated alkanes) is 2. The molecular weight excluding hydrogens is 251 g/mol. The number of hydrazine groups is 1. The molecule has 0 rings (SSSR count). The number of aliphatic hydroxyl groups excluding tert-OH is 1. The van der Waals surface area contributed by atoms with E-state index in [-0.39, 0.29) is 32.0 Å². The minimum Gasteiger partial charge on any atom is -0.395 e. The summed E-state index contributed by atoms with van der Waals surface area (Å²) in [6, 6.07) is 0. The molecule has 0 aromatic rings. The van der Waals surface area contributed by atoms with Crippen molar-refractivity contribution >= 4 is 5.91 Å². The number of aliphatic hydroxyl groups is 1. The van der Waals surface area contributed by atoms with E-state index in [1.807, 2.05) is 5.43 Å². The molecule has 0 bridgehead atoms. The number of nitrogens with one attached hydrogen (secondary N) is 1. The number of carbonyl (C=O) groups excluding carboxylic acids is 1. The molecule has 0 saturated carbocycles.